The topological polar surface area (TPSA) is 56.4 Å². The maximum atomic E-state index is 5.03. The fraction of sp³-hybridized carbons (Fsp3) is 0. The van der Waals surface area contributed by atoms with Gasteiger partial charge in [-0.25, -0.2) is 4.98 Å². The predicted molar refractivity (Wildman–Crippen MR) is 58.8 cm³/mol. The lowest BCUT2D eigenvalue weighted by Gasteiger charge is -1.97. The largest absolute Gasteiger partial charge is 0.449 e. The van der Waals surface area contributed by atoms with E-state index in [1.54, 1.807) is 18.7 Å². The summed E-state index contributed by atoms with van der Waals surface area (Å²) in [4.78, 5) is 6.42. The van der Waals surface area contributed by atoms with Gasteiger partial charge in [-0.15, -0.1) is 0 Å². The first-order valence-corrected chi connectivity index (χ1v) is 7.34. The van der Waals surface area contributed by atoms with Crippen molar-refractivity contribution in [3.8, 4) is 0 Å². The second-order valence-corrected chi connectivity index (χ2v) is 8.50. The number of hydrogen-bond donors (Lipinski definition) is 1. The zero-order valence-electron chi connectivity index (χ0n) is 7.32. The van der Waals surface area contributed by atoms with Gasteiger partial charge in [0.1, 0.15) is 21.0 Å². The van der Waals surface area contributed by atoms with Crippen LogP contribution in [0.1, 0.15) is 0 Å². The van der Waals surface area contributed by atoms with Crippen molar-refractivity contribution in [2.45, 2.75) is 0 Å². The van der Waals surface area contributed by atoms with Gasteiger partial charge >= 0.3 is 0 Å². The van der Waals surface area contributed by atoms with E-state index in [0.717, 1.165) is 21.0 Å². The molecule has 0 radical (unpaired) electrons. The first kappa shape index (κ1) is 12.0. The van der Waals surface area contributed by atoms with Crippen LogP contribution in [0.3, 0.4) is 0 Å². The van der Waals surface area contributed by atoms with Crippen LogP contribution in [0.25, 0.3) is 0 Å². The molecule has 0 aliphatic heterocycles. The number of aromatic amines is 1. The summed E-state index contributed by atoms with van der Waals surface area (Å²) in [7, 11) is 0.504. The summed E-state index contributed by atoms with van der Waals surface area (Å²) in [5.74, 6) is 0. The second kappa shape index (κ2) is 11.0. The van der Waals surface area contributed by atoms with Crippen molar-refractivity contribution in [2.75, 3.05) is 0 Å². The Labute approximate surface area is 82.4 Å². The van der Waals surface area contributed by atoms with Crippen molar-refractivity contribution in [3.05, 3.63) is 18.7 Å². The summed E-state index contributed by atoms with van der Waals surface area (Å²) >= 11 is 0. The molecule has 0 amide bonds. The lowest BCUT2D eigenvalue weighted by molar-refractivity contribution is 0.443. The van der Waals surface area contributed by atoms with Gasteiger partial charge in [0.2, 0.25) is 0 Å². The Balaban J connectivity index is 0.000000211. The highest BCUT2D eigenvalue weighted by Gasteiger charge is 1.80. The molecule has 0 atom stereocenters. The van der Waals surface area contributed by atoms with E-state index in [-0.39, 0.29) is 0 Å². The number of rotatable bonds is 4. The van der Waals surface area contributed by atoms with E-state index in [4.69, 9.17) is 12.3 Å². The Kier molecular flexibility index (Phi) is 10.9. The fourth-order valence-electron chi connectivity index (χ4n) is 0.416. The van der Waals surface area contributed by atoms with Gasteiger partial charge in [-0.2, -0.15) is 0 Å². The lowest BCUT2D eigenvalue weighted by Crippen LogP contribution is -2.08. The monoisotopic (exact) mass is 238 g/mol. The number of aromatic nitrogens is 2. The van der Waals surface area contributed by atoms with E-state index in [2.05, 4.69) is 9.97 Å². The molecule has 1 aromatic heterocycles. The van der Waals surface area contributed by atoms with Gasteiger partial charge < -0.3 is 17.3 Å². The Morgan fingerprint density at radius 3 is 2.17 bits per heavy atom. The maximum Gasteiger partial charge on any atom is 0.284 e. The minimum absolute atomic E-state index is 0.569. The van der Waals surface area contributed by atoms with Crippen LogP contribution in [0.15, 0.2) is 18.7 Å². The Hall–Kier alpha value is -0.0425. The van der Waals surface area contributed by atoms with E-state index >= 15 is 0 Å². The molecule has 0 unspecified atom stereocenters. The van der Waals surface area contributed by atoms with E-state index in [1.807, 2.05) is 0 Å². The van der Waals surface area contributed by atoms with Crippen molar-refractivity contribution < 1.29 is 12.3 Å². The van der Waals surface area contributed by atoms with Crippen LogP contribution in [0.2, 0.25) is 0 Å². The number of hydrogen-bond acceptors (Lipinski definition) is 4. The third-order valence-electron chi connectivity index (χ3n) is 0.808. The molecule has 0 bridgehead atoms. The van der Waals surface area contributed by atoms with Crippen LogP contribution in [0.4, 0.5) is 0 Å². The molecule has 0 fully saturated rings. The highest BCUT2D eigenvalue weighted by molar-refractivity contribution is 6.40. The van der Waals surface area contributed by atoms with Crippen LogP contribution < -0.4 is 0 Å². The molecule has 1 heterocycles. The van der Waals surface area contributed by atoms with Gasteiger partial charge in [0, 0.05) is 12.4 Å². The standard InChI is InChI=1S/C3H4N2.H10O3Si4/c1-2-5-3-4-1;4-1-6-3-7-2-5/h1-3H,(H,4,5);6-7H2,4-5H3. The van der Waals surface area contributed by atoms with Crippen LogP contribution in [-0.2, 0) is 12.3 Å². The van der Waals surface area contributed by atoms with Crippen molar-refractivity contribution in [3.63, 3.8) is 0 Å². The lowest BCUT2D eigenvalue weighted by atomic mass is 11.0. The van der Waals surface area contributed by atoms with Crippen LogP contribution in [0, 0.1) is 0 Å². The van der Waals surface area contributed by atoms with E-state index in [1.165, 1.54) is 0 Å². The van der Waals surface area contributed by atoms with E-state index < -0.39 is 20.0 Å². The normalized spacial score (nSPS) is 11.3. The molecule has 1 rings (SSSR count). The van der Waals surface area contributed by atoms with Crippen molar-refractivity contribution in [1.82, 2.24) is 9.97 Å². The average molecular weight is 239 g/mol. The van der Waals surface area contributed by atoms with Gasteiger partial charge in [-0.1, -0.05) is 0 Å². The average Bonchev–Trinajstić information content (AvgIpc) is 2.62. The SMILES string of the molecule is [SiH3]O[SiH2]O[SiH2]O[SiH3].c1c[nH]cn1. The highest BCUT2D eigenvalue weighted by Crippen LogP contribution is 1.64. The summed E-state index contributed by atoms with van der Waals surface area (Å²) in [6.07, 6.45) is 5.08. The Bertz CT molecular complexity index is 130. The zero-order chi connectivity index (χ0) is 9.07. The van der Waals surface area contributed by atoms with Gasteiger partial charge in [0.15, 0.2) is 0 Å². The Morgan fingerprint density at radius 2 is 1.92 bits per heavy atom. The van der Waals surface area contributed by atoms with Gasteiger partial charge in [0.25, 0.3) is 20.0 Å². The number of H-pyrrole nitrogens is 1. The molecule has 9 heteroatoms. The van der Waals surface area contributed by atoms with Crippen LogP contribution >= 0.6 is 0 Å². The summed E-state index contributed by atoms with van der Waals surface area (Å²) in [5, 5.41) is 0. The van der Waals surface area contributed by atoms with E-state index in [9.17, 15) is 0 Å². The van der Waals surface area contributed by atoms with Gasteiger partial charge in [-0.05, 0) is 0 Å². The quantitative estimate of drug-likeness (QED) is 0.429. The zero-order valence-corrected chi connectivity index (χ0v) is 14.1. The first-order valence-electron chi connectivity index (χ1n) is 3.40. The predicted octanol–water partition coefficient (Wildman–Crippen LogP) is -4.00. The minimum atomic E-state index is -0.569. The number of nitrogens with one attached hydrogen (secondary N) is 1. The van der Waals surface area contributed by atoms with Gasteiger partial charge in [0.05, 0.1) is 6.33 Å². The molecule has 70 valence electrons. The molecular weight excluding hydrogens is 224 g/mol. The molecule has 0 aliphatic carbocycles. The van der Waals surface area contributed by atoms with Crippen molar-refractivity contribution in [2.24, 2.45) is 0 Å². The smallest absolute Gasteiger partial charge is 0.284 e. The third-order valence-corrected chi connectivity index (χ3v) is 4.03. The third kappa shape index (κ3) is 9.96. The summed E-state index contributed by atoms with van der Waals surface area (Å²) < 4.78 is 14.8. The highest BCUT2D eigenvalue weighted by atomic mass is 28.4. The van der Waals surface area contributed by atoms with Gasteiger partial charge in [-0.3, -0.25) is 0 Å². The maximum absolute atomic E-state index is 5.03. The van der Waals surface area contributed by atoms with Crippen LogP contribution in [-0.4, -0.2) is 51.0 Å². The fourth-order valence-corrected chi connectivity index (χ4v) is 5.02. The second-order valence-electron chi connectivity index (χ2n) is 1.78. The summed E-state index contributed by atoms with van der Waals surface area (Å²) in [5.41, 5.74) is 0. The molecule has 0 saturated carbocycles. The van der Waals surface area contributed by atoms with Crippen molar-refractivity contribution in [1.29, 1.82) is 0 Å². The molecule has 0 aromatic carbocycles. The minimum Gasteiger partial charge on any atom is -0.449 e. The summed E-state index contributed by atoms with van der Waals surface area (Å²) in [6.45, 7) is 0. The summed E-state index contributed by atoms with van der Waals surface area (Å²) in [6, 6.07) is 0. The van der Waals surface area contributed by atoms with Crippen LogP contribution in [0.5, 0.6) is 0 Å². The number of nitrogens with zero attached hydrogens (tertiary/aromatic N) is 1. The number of imidazole rings is 1. The molecule has 0 spiro atoms. The molecule has 1 N–H and O–H groups in total. The first-order chi connectivity index (χ1) is 5.91. The molecule has 1 aromatic rings. The van der Waals surface area contributed by atoms with E-state index in [0.29, 0.717) is 0 Å². The molecule has 0 saturated heterocycles. The molecule has 12 heavy (non-hydrogen) atoms. The Morgan fingerprint density at radius 1 is 1.25 bits per heavy atom. The molecule has 5 nitrogen and oxygen atoms in total. The molecular formula is C3H14N2O3Si4. The molecule has 0 aliphatic rings. The van der Waals surface area contributed by atoms with Crippen molar-refractivity contribution >= 4 is 41.0 Å².